The number of hydrogen-bond donors (Lipinski definition) is 0. The Morgan fingerprint density at radius 3 is 2.48 bits per heavy atom. The highest BCUT2D eigenvalue weighted by molar-refractivity contribution is 5.81. The van der Waals surface area contributed by atoms with Crippen LogP contribution in [0.25, 0.3) is 11.0 Å². The summed E-state index contributed by atoms with van der Waals surface area (Å²) in [7, 11) is 0. The van der Waals surface area contributed by atoms with Gasteiger partial charge in [0.1, 0.15) is 6.54 Å². The number of para-hydroxylation sites is 2. The SMILES string of the molecule is O=C(Cn1cnc2ccccc21)N1CCC([C@H]2CCCCN(Cc3ccccc3)C2=O)CC1. The summed E-state index contributed by atoms with van der Waals surface area (Å²) in [5.41, 5.74) is 3.10. The van der Waals surface area contributed by atoms with Crippen LogP contribution in [0.3, 0.4) is 0 Å². The van der Waals surface area contributed by atoms with Crippen LogP contribution in [0.15, 0.2) is 60.9 Å². The average molecular weight is 445 g/mol. The molecule has 2 aromatic carbocycles. The standard InChI is InChI=1S/C27H32N4O2/c32-26(19-31-20-28-24-11-4-5-12-25(24)31)29-16-13-22(14-17-29)23-10-6-7-15-30(27(23)33)18-21-8-2-1-3-9-21/h1-5,8-9,11-12,20,22-23H,6-7,10,13-19H2/t23-/m1/s1. The smallest absolute Gasteiger partial charge is 0.242 e. The van der Waals surface area contributed by atoms with Gasteiger partial charge in [0.05, 0.1) is 17.4 Å². The van der Waals surface area contributed by atoms with Crippen molar-refractivity contribution in [3.8, 4) is 0 Å². The second-order valence-electron chi connectivity index (χ2n) is 9.43. The van der Waals surface area contributed by atoms with Crippen LogP contribution >= 0.6 is 0 Å². The first kappa shape index (κ1) is 21.7. The lowest BCUT2D eigenvalue weighted by Gasteiger charge is -2.36. The lowest BCUT2D eigenvalue weighted by molar-refractivity contribution is -0.139. The van der Waals surface area contributed by atoms with Gasteiger partial charge in [0.2, 0.25) is 11.8 Å². The van der Waals surface area contributed by atoms with Gasteiger partial charge in [0, 0.05) is 32.1 Å². The van der Waals surface area contributed by atoms with Gasteiger partial charge in [0.25, 0.3) is 0 Å². The molecule has 0 saturated carbocycles. The molecular weight excluding hydrogens is 412 g/mol. The number of hydrogen-bond acceptors (Lipinski definition) is 3. The Morgan fingerprint density at radius 1 is 0.909 bits per heavy atom. The summed E-state index contributed by atoms with van der Waals surface area (Å²) in [6.07, 6.45) is 6.72. The lowest BCUT2D eigenvalue weighted by Crippen LogP contribution is -2.44. The number of benzene rings is 2. The molecule has 2 saturated heterocycles. The van der Waals surface area contributed by atoms with E-state index < -0.39 is 0 Å². The van der Waals surface area contributed by atoms with Gasteiger partial charge in [-0.05, 0) is 49.3 Å². The molecule has 0 bridgehead atoms. The Hall–Kier alpha value is -3.15. The highest BCUT2D eigenvalue weighted by Crippen LogP contribution is 2.33. The predicted octanol–water partition coefficient (Wildman–Crippen LogP) is 4.10. The van der Waals surface area contributed by atoms with Crippen molar-refractivity contribution in [3.63, 3.8) is 0 Å². The summed E-state index contributed by atoms with van der Waals surface area (Å²) in [4.78, 5) is 34.8. The van der Waals surface area contributed by atoms with Gasteiger partial charge in [-0.15, -0.1) is 0 Å². The van der Waals surface area contributed by atoms with Gasteiger partial charge < -0.3 is 14.4 Å². The van der Waals surface area contributed by atoms with Crippen molar-refractivity contribution in [2.75, 3.05) is 19.6 Å². The molecule has 3 aromatic rings. The molecule has 172 valence electrons. The fourth-order valence-corrected chi connectivity index (χ4v) is 5.47. The highest BCUT2D eigenvalue weighted by atomic mass is 16.2. The van der Waals surface area contributed by atoms with E-state index in [1.807, 2.05) is 51.9 Å². The first-order valence-corrected chi connectivity index (χ1v) is 12.2. The first-order chi connectivity index (χ1) is 16.2. The minimum atomic E-state index is 0.0889. The number of amides is 2. The third-order valence-corrected chi connectivity index (χ3v) is 7.33. The summed E-state index contributed by atoms with van der Waals surface area (Å²) < 4.78 is 1.93. The second-order valence-corrected chi connectivity index (χ2v) is 9.43. The van der Waals surface area contributed by atoms with Crippen LogP contribution in [0.2, 0.25) is 0 Å². The molecule has 0 radical (unpaired) electrons. The van der Waals surface area contributed by atoms with E-state index >= 15 is 0 Å². The van der Waals surface area contributed by atoms with Crippen molar-refractivity contribution in [1.29, 1.82) is 0 Å². The third kappa shape index (κ3) is 4.80. The van der Waals surface area contributed by atoms with Crippen molar-refractivity contribution in [3.05, 3.63) is 66.5 Å². The molecule has 1 aromatic heterocycles. The number of fused-ring (bicyclic) bond motifs is 1. The number of carbonyl (C=O) groups excluding carboxylic acids is 2. The van der Waals surface area contributed by atoms with Crippen LogP contribution in [-0.4, -0.2) is 50.8 Å². The summed E-state index contributed by atoms with van der Waals surface area (Å²) in [5.74, 6) is 0.901. The maximum atomic E-state index is 13.4. The number of piperidine rings is 1. The van der Waals surface area contributed by atoms with Crippen molar-refractivity contribution in [2.24, 2.45) is 11.8 Å². The molecule has 6 heteroatoms. The number of aromatic nitrogens is 2. The second kappa shape index (κ2) is 9.77. The van der Waals surface area contributed by atoms with E-state index in [1.165, 1.54) is 5.56 Å². The Kier molecular flexibility index (Phi) is 6.42. The quantitative estimate of drug-likeness (QED) is 0.595. The van der Waals surface area contributed by atoms with Crippen molar-refractivity contribution >= 4 is 22.8 Å². The molecule has 2 amide bonds. The number of carbonyl (C=O) groups is 2. The van der Waals surface area contributed by atoms with E-state index in [4.69, 9.17) is 0 Å². The normalized spacial score (nSPS) is 20.2. The highest BCUT2D eigenvalue weighted by Gasteiger charge is 2.35. The van der Waals surface area contributed by atoms with Gasteiger partial charge in [-0.2, -0.15) is 0 Å². The van der Waals surface area contributed by atoms with Gasteiger partial charge >= 0.3 is 0 Å². The predicted molar refractivity (Wildman–Crippen MR) is 128 cm³/mol. The molecular formula is C27H32N4O2. The Balaban J connectivity index is 1.19. The van der Waals surface area contributed by atoms with Crippen molar-refractivity contribution in [1.82, 2.24) is 19.4 Å². The fraction of sp³-hybridized carbons (Fsp3) is 0.444. The minimum Gasteiger partial charge on any atom is -0.341 e. The van der Waals surface area contributed by atoms with Gasteiger partial charge in [-0.25, -0.2) is 4.98 Å². The van der Waals surface area contributed by atoms with E-state index in [0.717, 1.165) is 62.8 Å². The largest absolute Gasteiger partial charge is 0.341 e. The fourth-order valence-electron chi connectivity index (χ4n) is 5.47. The molecule has 1 atom stereocenters. The van der Waals surface area contributed by atoms with E-state index in [1.54, 1.807) is 6.33 Å². The summed E-state index contributed by atoms with van der Waals surface area (Å²) in [6, 6.07) is 18.2. The third-order valence-electron chi connectivity index (χ3n) is 7.33. The number of likely N-dealkylation sites (tertiary alicyclic amines) is 2. The van der Waals surface area contributed by atoms with E-state index in [9.17, 15) is 9.59 Å². The van der Waals surface area contributed by atoms with Crippen LogP contribution in [0, 0.1) is 11.8 Å². The van der Waals surface area contributed by atoms with Crippen LogP contribution in [0.1, 0.15) is 37.7 Å². The zero-order valence-corrected chi connectivity index (χ0v) is 19.1. The zero-order valence-electron chi connectivity index (χ0n) is 19.1. The zero-order chi connectivity index (χ0) is 22.6. The molecule has 6 nitrogen and oxygen atoms in total. The van der Waals surface area contributed by atoms with Crippen LogP contribution < -0.4 is 0 Å². The van der Waals surface area contributed by atoms with Gasteiger partial charge in [0.15, 0.2) is 0 Å². The number of rotatable bonds is 5. The Morgan fingerprint density at radius 2 is 1.67 bits per heavy atom. The molecule has 2 aliphatic rings. The maximum Gasteiger partial charge on any atom is 0.242 e. The van der Waals surface area contributed by atoms with Crippen molar-refractivity contribution in [2.45, 2.75) is 45.2 Å². The first-order valence-electron chi connectivity index (χ1n) is 12.2. The van der Waals surface area contributed by atoms with E-state index in [-0.39, 0.29) is 11.8 Å². The maximum absolute atomic E-state index is 13.4. The number of nitrogens with zero attached hydrogens (tertiary/aromatic N) is 4. The lowest BCUT2D eigenvalue weighted by atomic mass is 9.81. The van der Waals surface area contributed by atoms with E-state index in [2.05, 4.69) is 22.0 Å². The van der Waals surface area contributed by atoms with Crippen molar-refractivity contribution < 1.29 is 9.59 Å². The monoisotopic (exact) mass is 444 g/mol. The topological polar surface area (TPSA) is 58.4 Å². The molecule has 3 heterocycles. The van der Waals surface area contributed by atoms with Crippen LogP contribution in [0.4, 0.5) is 0 Å². The Labute approximate surface area is 195 Å². The molecule has 5 rings (SSSR count). The molecule has 2 fully saturated rings. The van der Waals surface area contributed by atoms with Gasteiger partial charge in [-0.1, -0.05) is 48.9 Å². The minimum absolute atomic E-state index is 0.0889. The number of imidazole rings is 1. The Bertz CT molecular complexity index is 1100. The average Bonchev–Trinajstić information content (AvgIpc) is 3.17. The molecule has 2 aliphatic heterocycles. The molecule has 0 spiro atoms. The molecule has 33 heavy (non-hydrogen) atoms. The summed E-state index contributed by atoms with van der Waals surface area (Å²) in [5, 5.41) is 0. The molecule has 0 N–H and O–H groups in total. The van der Waals surface area contributed by atoms with E-state index in [0.29, 0.717) is 24.9 Å². The summed E-state index contributed by atoms with van der Waals surface area (Å²) >= 11 is 0. The summed E-state index contributed by atoms with van der Waals surface area (Å²) in [6.45, 7) is 3.34. The molecule has 0 unspecified atom stereocenters. The van der Waals surface area contributed by atoms with Gasteiger partial charge in [-0.3, -0.25) is 9.59 Å². The van der Waals surface area contributed by atoms with Crippen LogP contribution in [-0.2, 0) is 22.7 Å². The molecule has 0 aliphatic carbocycles. The van der Waals surface area contributed by atoms with Crippen LogP contribution in [0.5, 0.6) is 0 Å².